The molecule has 23 heavy (non-hydrogen) atoms. The summed E-state index contributed by atoms with van der Waals surface area (Å²) in [4.78, 5) is 30.8. The highest BCUT2D eigenvalue weighted by Gasteiger charge is 2.32. The van der Waals surface area contributed by atoms with E-state index >= 15 is 0 Å². The van der Waals surface area contributed by atoms with Crippen molar-refractivity contribution >= 4 is 17.7 Å². The Kier molecular flexibility index (Phi) is 3.65. The molecule has 0 saturated carbocycles. The van der Waals surface area contributed by atoms with Gasteiger partial charge in [-0.15, -0.1) is 0 Å². The van der Waals surface area contributed by atoms with Crippen LogP contribution in [0, 0.1) is 0 Å². The normalized spacial score (nSPS) is 16.4. The first kappa shape index (κ1) is 14.9. The van der Waals surface area contributed by atoms with Crippen LogP contribution < -0.4 is 26.1 Å². The lowest BCUT2D eigenvalue weighted by molar-refractivity contribution is -0.116. The molecule has 1 aliphatic rings. The maximum atomic E-state index is 12.3. The number of hydrogen-bond acceptors (Lipinski definition) is 6. The molecule has 1 atom stereocenters. The van der Waals surface area contributed by atoms with Gasteiger partial charge in [0.2, 0.25) is 11.9 Å². The maximum Gasteiger partial charge on any atom is 0.258 e. The summed E-state index contributed by atoms with van der Waals surface area (Å²) in [5.74, 6) is 0.552. The SMILES string of the molecule is COc1ccc(OC)c(C2CC(=O)Nc3nc(N)[nH]c(=O)c32)c1. The number of nitrogens with two attached hydrogens (primary N) is 1. The number of fused-ring (bicyclic) bond motifs is 1. The van der Waals surface area contributed by atoms with E-state index in [2.05, 4.69) is 15.3 Å². The Morgan fingerprint density at radius 1 is 1.26 bits per heavy atom. The Balaban J connectivity index is 2.22. The number of hydrogen-bond donors (Lipinski definition) is 3. The van der Waals surface area contributed by atoms with Gasteiger partial charge >= 0.3 is 0 Å². The van der Waals surface area contributed by atoms with Crippen LogP contribution in [-0.2, 0) is 4.79 Å². The molecule has 1 unspecified atom stereocenters. The predicted octanol–water partition coefficient (Wildman–Crippen LogP) is 0.843. The topological polar surface area (TPSA) is 119 Å². The van der Waals surface area contributed by atoms with Crippen molar-refractivity contribution in [1.29, 1.82) is 0 Å². The number of carbonyl (C=O) groups is 1. The van der Waals surface area contributed by atoms with Crippen molar-refractivity contribution in [3.8, 4) is 11.5 Å². The van der Waals surface area contributed by atoms with Crippen molar-refractivity contribution in [2.45, 2.75) is 12.3 Å². The van der Waals surface area contributed by atoms with E-state index in [1.165, 1.54) is 7.11 Å². The van der Waals surface area contributed by atoms with E-state index in [0.29, 0.717) is 22.6 Å². The highest BCUT2D eigenvalue weighted by Crippen LogP contribution is 2.39. The standard InChI is InChI=1S/C15H16N4O4/c1-22-7-3-4-10(23-2)8(5-7)9-6-11(20)17-13-12(9)14(21)19-15(16)18-13/h3-5,9H,6H2,1-2H3,(H4,16,17,18,19,20,21). The summed E-state index contributed by atoms with van der Waals surface area (Å²) < 4.78 is 10.6. The van der Waals surface area contributed by atoms with Gasteiger partial charge in [-0.25, -0.2) is 0 Å². The number of ether oxygens (including phenoxy) is 2. The van der Waals surface area contributed by atoms with Gasteiger partial charge < -0.3 is 20.5 Å². The lowest BCUT2D eigenvalue weighted by Gasteiger charge is -2.25. The van der Waals surface area contributed by atoms with Gasteiger partial charge in [-0.3, -0.25) is 14.6 Å². The zero-order chi connectivity index (χ0) is 16.6. The molecule has 0 aliphatic carbocycles. The molecule has 8 heteroatoms. The molecule has 1 aromatic carbocycles. The smallest absolute Gasteiger partial charge is 0.258 e. The minimum absolute atomic E-state index is 0.0488. The Bertz CT molecular complexity index is 831. The zero-order valence-corrected chi connectivity index (χ0v) is 12.7. The first-order chi connectivity index (χ1) is 11.0. The number of rotatable bonds is 3. The second-order valence-electron chi connectivity index (χ2n) is 5.13. The molecule has 2 aromatic rings. The van der Waals surface area contributed by atoms with Crippen molar-refractivity contribution in [2.24, 2.45) is 0 Å². The predicted molar refractivity (Wildman–Crippen MR) is 83.9 cm³/mol. The van der Waals surface area contributed by atoms with Crippen LogP contribution >= 0.6 is 0 Å². The second kappa shape index (κ2) is 5.64. The average Bonchev–Trinajstić information content (AvgIpc) is 2.52. The summed E-state index contributed by atoms with van der Waals surface area (Å²) >= 11 is 0. The number of carbonyl (C=O) groups excluding carboxylic acids is 1. The van der Waals surface area contributed by atoms with E-state index in [1.54, 1.807) is 25.3 Å². The molecule has 1 aromatic heterocycles. The molecule has 8 nitrogen and oxygen atoms in total. The van der Waals surface area contributed by atoms with Gasteiger partial charge in [0.25, 0.3) is 5.56 Å². The van der Waals surface area contributed by atoms with Crippen LogP contribution in [0.5, 0.6) is 11.5 Å². The van der Waals surface area contributed by atoms with Crippen LogP contribution in [0.3, 0.4) is 0 Å². The maximum absolute atomic E-state index is 12.3. The minimum atomic E-state index is -0.499. The van der Waals surface area contributed by atoms with Gasteiger partial charge in [0.1, 0.15) is 17.3 Å². The number of nitrogens with zero attached hydrogens (tertiary/aromatic N) is 1. The number of H-pyrrole nitrogens is 1. The van der Waals surface area contributed by atoms with Crippen LogP contribution in [0.15, 0.2) is 23.0 Å². The van der Waals surface area contributed by atoms with Gasteiger partial charge in [-0.05, 0) is 18.2 Å². The van der Waals surface area contributed by atoms with E-state index in [0.717, 1.165) is 0 Å². The number of nitrogens with one attached hydrogen (secondary N) is 2. The molecular formula is C15H16N4O4. The number of amides is 1. The fourth-order valence-electron chi connectivity index (χ4n) is 2.77. The van der Waals surface area contributed by atoms with Crippen molar-refractivity contribution in [3.05, 3.63) is 39.7 Å². The Morgan fingerprint density at radius 3 is 2.74 bits per heavy atom. The lowest BCUT2D eigenvalue weighted by Crippen LogP contribution is -2.31. The van der Waals surface area contributed by atoms with Crippen LogP contribution in [0.2, 0.25) is 0 Å². The van der Waals surface area contributed by atoms with Crippen LogP contribution in [-0.4, -0.2) is 30.1 Å². The van der Waals surface area contributed by atoms with Gasteiger partial charge in [0.05, 0.1) is 19.8 Å². The fraction of sp³-hybridized carbons (Fsp3) is 0.267. The van der Waals surface area contributed by atoms with E-state index in [9.17, 15) is 9.59 Å². The van der Waals surface area contributed by atoms with Crippen LogP contribution in [0.4, 0.5) is 11.8 Å². The fourth-order valence-corrected chi connectivity index (χ4v) is 2.77. The van der Waals surface area contributed by atoms with Crippen LogP contribution in [0.25, 0.3) is 0 Å². The Labute approximate surface area is 131 Å². The Hall–Kier alpha value is -3.03. The van der Waals surface area contributed by atoms with Gasteiger partial charge in [0, 0.05) is 17.9 Å². The first-order valence-corrected chi connectivity index (χ1v) is 6.95. The van der Waals surface area contributed by atoms with Crippen molar-refractivity contribution in [1.82, 2.24) is 9.97 Å². The van der Waals surface area contributed by atoms with Crippen LogP contribution in [0.1, 0.15) is 23.5 Å². The highest BCUT2D eigenvalue weighted by molar-refractivity contribution is 5.94. The first-order valence-electron chi connectivity index (χ1n) is 6.95. The summed E-state index contributed by atoms with van der Waals surface area (Å²) in [7, 11) is 3.07. The van der Waals surface area contributed by atoms with E-state index < -0.39 is 5.92 Å². The number of anilines is 2. The van der Waals surface area contributed by atoms with E-state index in [4.69, 9.17) is 15.2 Å². The van der Waals surface area contributed by atoms with Gasteiger partial charge in [0.15, 0.2) is 0 Å². The van der Waals surface area contributed by atoms with Gasteiger partial charge in [-0.2, -0.15) is 4.98 Å². The molecule has 1 aliphatic heterocycles. The summed E-state index contributed by atoms with van der Waals surface area (Å²) in [5.41, 5.74) is 6.20. The number of aromatic nitrogens is 2. The number of benzene rings is 1. The van der Waals surface area contributed by atoms with E-state index in [-0.39, 0.29) is 29.7 Å². The number of nitrogen functional groups attached to an aromatic ring is 1. The summed E-state index contributed by atoms with van der Waals surface area (Å²) in [6.07, 6.45) is 0.102. The largest absolute Gasteiger partial charge is 0.497 e. The third-order valence-corrected chi connectivity index (χ3v) is 3.78. The molecule has 0 radical (unpaired) electrons. The molecule has 120 valence electrons. The van der Waals surface area contributed by atoms with Crippen molar-refractivity contribution in [3.63, 3.8) is 0 Å². The molecule has 0 spiro atoms. The third-order valence-electron chi connectivity index (χ3n) is 3.78. The summed E-state index contributed by atoms with van der Waals surface area (Å²) in [6, 6.07) is 5.23. The summed E-state index contributed by atoms with van der Waals surface area (Å²) in [5, 5.41) is 2.59. The summed E-state index contributed by atoms with van der Waals surface area (Å²) in [6.45, 7) is 0. The second-order valence-corrected chi connectivity index (χ2v) is 5.13. The highest BCUT2D eigenvalue weighted by atomic mass is 16.5. The molecule has 4 N–H and O–H groups in total. The molecule has 0 saturated heterocycles. The van der Waals surface area contributed by atoms with Gasteiger partial charge in [-0.1, -0.05) is 0 Å². The average molecular weight is 316 g/mol. The molecule has 2 heterocycles. The Morgan fingerprint density at radius 2 is 2.04 bits per heavy atom. The number of methoxy groups -OCH3 is 2. The molecule has 1 amide bonds. The number of aromatic amines is 1. The van der Waals surface area contributed by atoms with E-state index in [1.807, 2.05) is 0 Å². The lowest BCUT2D eigenvalue weighted by atomic mass is 9.86. The monoisotopic (exact) mass is 316 g/mol. The van der Waals surface area contributed by atoms with Crippen molar-refractivity contribution in [2.75, 3.05) is 25.3 Å². The third kappa shape index (κ3) is 2.59. The molecular weight excluding hydrogens is 300 g/mol. The minimum Gasteiger partial charge on any atom is -0.497 e. The molecule has 3 rings (SSSR count). The molecule has 0 fully saturated rings. The zero-order valence-electron chi connectivity index (χ0n) is 12.7. The van der Waals surface area contributed by atoms with Crippen molar-refractivity contribution < 1.29 is 14.3 Å². The molecule has 0 bridgehead atoms. The quantitative estimate of drug-likeness (QED) is 0.772.